The van der Waals surface area contributed by atoms with Crippen LogP contribution in [-0.2, 0) is 21.7 Å². The quantitative estimate of drug-likeness (QED) is 0.173. The van der Waals surface area contributed by atoms with Crippen molar-refractivity contribution in [2.75, 3.05) is 0 Å². The Morgan fingerprint density at radius 1 is 0.373 bits per heavy atom. The van der Waals surface area contributed by atoms with Gasteiger partial charge in [0.25, 0.3) is 0 Å². The van der Waals surface area contributed by atoms with Gasteiger partial charge in [-0.1, -0.05) is 91.0 Å². The lowest BCUT2D eigenvalue weighted by Crippen LogP contribution is -2.55. The molecule has 14 rings (SSSR count). The van der Waals surface area contributed by atoms with Crippen molar-refractivity contribution < 1.29 is 0 Å². The summed E-state index contributed by atoms with van der Waals surface area (Å²) < 4.78 is 2.56. The van der Waals surface area contributed by atoms with E-state index in [-0.39, 0.29) is 10.8 Å². The second-order valence-corrected chi connectivity index (χ2v) is 18.9. The van der Waals surface area contributed by atoms with E-state index in [1.165, 1.54) is 105 Å². The van der Waals surface area contributed by atoms with Crippen molar-refractivity contribution in [1.82, 2.24) is 4.57 Å². The number of hydrogen-bond donors (Lipinski definition) is 0. The maximum Gasteiger partial charge on any atom is 0.0541 e. The van der Waals surface area contributed by atoms with Gasteiger partial charge in [-0.15, -0.1) is 0 Å². The van der Waals surface area contributed by atoms with Crippen molar-refractivity contribution in [1.29, 1.82) is 0 Å². The van der Waals surface area contributed by atoms with Crippen LogP contribution in [0.3, 0.4) is 0 Å². The van der Waals surface area contributed by atoms with E-state index in [1.807, 2.05) is 0 Å². The predicted molar refractivity (Wildman–Crippen MR) is 210 cm³/mol. The van der Waals surface area contributed by atoms with Gasteiger partial charge >= 0.3 is 0 Å². The molecule has 1 heterocycles. The molecule has 8 saturated carbocycles. The van der Waals surface area contributed by atoms with Crippen LogP contribution in [0.2, 0.25) is 0 Å². The summed E-state index contributed by atoms with van der Waals surface area (Å²) in [7, 11) is 0. The van der Waals surface area contributed by atoms with Gasteiger partial charge in [-0.25, -0.2) is 0 Å². The molecule has 0 spiro atoms. The van der Waals surface area contributed by atoms with Crippen molar-refractivity contribution in [3.05, 3.63) is 150 Å². The minimum absolute atomic E-state index is 0.287. The second-order valence-electron chi connectivity index (χ2n) is 18.9. The zero-order valence-corrected chi connectivity index (χ0v) is 29.9. The Morgan fingerprint density at radius 3 is 1.12 bits per heavy atom. The van der Waals surface area contributed by atoms with E-state index in [0.29, 0.717) is 10.8 Å². The highest BCUT2D eigenvalue weighted by molar-refractivity contribution is 6.10. The van der Waals surface area contributed by atoms with Crippen LogP contribution >= 0.6 is 0 Å². The Balaban J connectivity index is 1.03. The second kappa shape index (κ2) is 10.3. The maximum absolute atomic E-state index is 2.71. The summed E-state index contributed by atoms with van der Waals surface area (Å²) in [6, 6.07) is 50.1. The third kappa shape index (κ3) is 4.16. The molecule has 0 saturated heterocycles. The first-order valence-corrected chi connectivity index (χ1v) is 20.3. The summed E-state index contributed by atoms with van der Waals surface area (Å²) in [6.45, 7) is 0. The molecule has 4 atom stereocenters. The first-order chi connectivity index (χ1) is 25.0. The lowest BCUT2D eigenvalue weighted by atomic mass is 9.41. The summed E-state index contributed by atoms with van der Waals surface area (Å²) in [4.78, 5) is 0. The van der Waals surface area contributed by atoms with Gasteiger partial charge in [-0.05, 0) is 181 Å². The Hall–Kier alpha value is -4.10. The summed E-state index contributed by atoms with van der Waals surface area (Å²) >= 11 is 0. The lowest BCUT2D eigenvalue weighted by molar-refractivity contribution is -0.0282. The number of para-hydroxylation sites is 1. The number of hydrogen-bond acceptors (Lipinski definition) is 0. The van der Waals surface area contributed by atoms with Crippen LogP contribution in [0.15, 0.2) is 127 Å². The zero-order chi connectivity index (χ0) is 33.4. The molecule has 5 aromatic carbocycles. The lowest BCUT2D eigenvalue weighted by Gasteiger charge is -2.63. The molecule has 4 unspecified atom stereocenters. The van der Waals surface area contributed by atoms with E-state index < -0.39 is 0 Å². The average Bonchev–Trinajstić information content (AvgIpc) is 3.48. The van der Waals surface area contributed by atoms with Crippen molar-refractivity contribution in [3.8, 4) is 5.69 Å². The van der Waals surface area contributed by atoms with Crippen LogP contribution < -0.4 is 0 Å². The zero-order valence-electron chi connectivity index (χ0n) is 29.9. The minimum Gasteiger partial charge on any atom is -0.309 e. The van der Waals surface area contributed by atoms with Crippen molar-refractivity contribution in [2.24, 2.45) is 23.7 Å². The fourth-order valence-electron chi connectivity index (χ4n) is 15.0. The highest BCUT2D eigenvalue weighted by Crippen LogP contribution is 2.68. The monoisotopic (exact) mass is 663 g/mol. The molecule has 51 heavy (non-hydrogen) atoms. The molecule has 8 fully saturated rings. The molecule has 0 amide bonds. The molecule has 6 aromatic rings. The molecule has 1 heteroatoms. The molecule has 1 aromatic heterocycles. The third-order valence-corrected chi connectivity index (χ3v) is 15.9. The molecule has 0 aliphatic heterocycles. The normalized spacial score (nSPS) is 36.0. The van der Waals surface area contributed by atoms with Gasteiger partial charge in [-0.3, -0.25) is 0 Å². The first-order valence-electron chi connectivity index (χ1n) is 20.3. The van der Waals surface area contributed by atoms with Gasteiger partial charge in [0.2, 0.25) is 0 Å². The average molecular weight is 664 g/mol. The number of aromatic nitrogens is 1. The topological polar surface area (TPSA) is 4.93 Å². The predicted octanol–water partition coefficient (Wildman–Crippen LogP) is 12.4. The molecule has 0 N–H and O–H groups in total. The van der Waals surface area contributed by atoms with Crippen LogP contribution in [0.1, 0.15) is 99.3 Å². The van der Waals surface area contributed by atoms with Crippen molar-refractivity contribution >= 4 is 21.8 Å². The van der Waals surface area contributed by atoms with Crippen LogP contribution in [0.5, 0.6) is 0 Å². The van der Waals surface area contributed by atoms with Gasteiger partial charge in [-0.2, -0.15) is 0 Å². The van der Waals surface area contributed by atoms with E-state index in [9.17, 15) is 0 Å². The van der Waals surface area contributed by atoms with Crippen LogP contribution in [0.25, 0.3) is 27.5 Å². The highest BCUT2D eigenvalue weighted by atomic mass is 15.0. The fraction of sp³-hybridized carbons (Fsp3) is 0.400. The Morgan fingerprint density at radius 2 is 0.725 bits per heavy atom. The molecule has 1 nitrogen and oxygen atoms in total. The number of fused-ring (bicyclic) bond motifs is 3. The molecular formula is C50H49N. The van der Waals surface area contributed by atoms with E-state index >= 15 is 0 Å². The van der Waals surface area contributed by atoms with E-state index in [1.54, 1.807) is 22.3 Å². The summed E-state index contributed by atoms with van der Waals surface area (Å²) in [5.74, 6) is 3.42. The van der Waals surface area contributed by atoms with E-state index in [4.69, 9.17) is 0 Å². The van der Waals surface area contributed by atoms with Gasteiger partial charge in [0, 0.05) is 16.5 Å². The van der Waals surface area contributed by atoms with Gasteiger partial charge in [0.15, 0.2) is 0 Å². The van der Waals surface area contributed by atoms with Crippen LogP contribution in [0.4, 0.5) is 0 Å². The maximum atomic E-state index is 2.71. The largest absolute Gasteiger partial charge is 0.309 e. The van der Waals surface area contributed by atoms with Crippen LogP contribution in [0, 0.1) is 23.7 Å². The number of rotatable bonds is 5. The van der Waals surface area contributed by atoms with Gasteiger partial charge in [0.1, 0.15) is 0 Å². The Bertz CT molecular complexity index is 2140. The van der Waals surface area contributed by atoms with Crippen molar-refractivity contribution in [2.45, 2.75) is 98.7 Å². The molecule has 8 aliphatic carbocycles. The minimum atomic E-state index is 0.287. The highest BCUT2D eigenvalue weighted by Gasteiger charge is 2.60. The Kier molecular flexibility index (Phi) is 5.94. The fourth-order valence-corrected chi connectivity index (χ4v) is 15.0. The molecule has 254 valence electrons. The summed E-state index contributed by atoms with van der Waals surface area (Å²) in [5, 5.41) is 2.94. The molecule has 8 aliphatic rings. The molecular weight excluding hydrogens is 615 g/mol. The smallest absolute Gasteiger partial charge is 0.0541 e. The van der Waals surface area contributed by atoms with Crippen LogP contribution in [-0.4, -0.2) is 4.57 Å². The SMILES string of the molecule is c1ccc(-n2c3ccc(C45CC6CC(CC(c7ccccc7)(C6)C4)C5)cc3c3cc(C45CC6CC(CC(c7ccccc7)(C6)C4)C5)ccc32)cc1. The van der Waals surface area contributed by atoms with Crippen molar-refractivity contribution in [3.63, 3.8) is 0 Å². The summed E-state index contributed by atoms with van der Waals surface area (Å²) in [5.41, 5.74) is 11.7. The standard InChI is InChI=1S/C50H49N/c1-4-10-38(11-5-1)47-24-34-20-35(25-47)29-49(28-34,32-47)40-16-18-45-43(22-40)44-23-41(17-19-46(44)51(45)42-14-8-3-9-15-42)50-30-36-21-37(31-50)27-48(26-36,33-50)39-12-6-2-7-13-39/h1-19,22-23,34-37H,20-21,24-33H2. The first kappa shape index (κ1) is 29.5. The number of nitrogens with zero attached hydrogens (tertiary/aromatic N) is 1. The van der Waals surface area contributed by atoms with E-state index in [2.05, 4.69) is 132 Å². The Labute approximate surface area is 303 Å². The van der Waals surface area contributed by atoms with Gasteiger partial charge in [0.05, 0.1) is 11.0 Å². The number of benzene rings is 5. The molecule has 0 radical (unpaired) electrons. The third-order valence-electron chi connectivity index (χ3n) is 15.9. The van der Waals surface area contributed by atoms with Gasteiger partial charge < -0.3 is 4.57 Å². The molecule has 8 bridgehead atoms. The summed E-state index contributed by atoms with van der Waals surface area (Å²) in [6.07, 6.45) is 16.6. The van der Waals surface area contributed by atoms with E-state index in [0.717, 1.165) is 23.7 Å².